The van der Waals surface area contributed by atoms with Gasteiger partial charge in [-0.1, -0.05) is 47.1 Å². The van der Waals surface area contributed by atoms with Gasteiger partial charge in [0.2, 0.25) is 0 Å². The third kappa shape index (κ3) is 4.28. The Balaban J connectivity index is 1.97. The van der Waals surface area contributed by atoms with Crippen molar-refractivity contribution in [3.05, 3.63) is 35.4 Å². The predicted molar refractivity (Wildman–Crippen MR) is 84.8 cm³/mol. The maximum absolute atomic E-state index is 12.3. The quantitative estimate of drug-likeness (QED) is 0.820. The Morgan fingerprint density at radius 3 is 2.85 bits per heavy atom. The lowest BCUT2D eigenvalue weighted by molar-refractivity contribution is 0.278. The summed E-state index contributed by atoms with van der Waals surface area (Å²) >= 11 is 3.40. The maximum atomic E-state index is 12.3. The average Bonchev–Trinajstić information content (AvgIpc) is 2.45. The van der Waals surface area contributed by atoms with Crippen LogP contribution >= 0.6 is 15.9 Å². The van der Waals surface area contributed by atoms with Gasteiger partial charge in [-0.25, -0.2) is 0 Å². The first-order chi connectivity index (χ1) is 9.51. The molecule has 0 amide bonds. The van der Waals surface area contributed by atoms with Crippen molar-refractivity contribution in [1.29, 1.82) is 0 Å². The van der Waals surface area contributed by atoms with Crippen molar-refractivity contribution in [3.63, 3.8) is 0 Å². The zero-order valence-corrected chi connectivity index (χ0v) is 14.1. The van der Waals surface area contributed by atoms with E-state index >= 15 is 0 Å². The molecule has 0 spiro atoms. The Bertz CT molecular complexity index is 548. The highest BCUT2D eigenvalue weighted by Crippen LogP contribution is 2.18. The smallest absolute Gasteiger partial charge is 0.198 e. The first kappa shape index (κ1) is 15.9. The standard InChI is InChI=1S/C14H21BrN2O2S/c1-12-4-3-7-17(11-12)20(18,19)16-10-14-6-2-5-13(8-14)9-15/h2,5-6,8,12,16H,3-4,7,9-11H2,1H3. The Labute approximate surface area is 129 Å². The summed E-state index contributed by atoms with van der Waals surface area (Å²) in [6.07, 6.45) is 2.06. The molecule has 0 bridgehead atoms. The minimum absolute atomic E-state index is 0.341. The number of halogens is 1. The highest BCUT2D eigenvalue weighted by Gasteiger charge is 2.26. The van der Waals surface area contributed by atoms with Crippen molar-refractivity contribution in [2.24, 2.45) is 5.92 Å². The van der Waals surface area contributed by atoms with E-state index in [0.717, 1.165) is 29.3 Å². The van der Waals surface area contributed by atoms with Gasteiger partial charge in [0.25, 0.3) is 10.2 Å². The first-order valence-electron chi connectivity index (χ1n) is 6.90. The minimum Gasteiger partial charge on any atom is -0.198 e. The summed E-state index contributed by atoms with van der Waals surface area (Å²) in [6.45, 7) is 3.69. The van der Waals surface area contributed by atoms with E-state index in [1.807, 2.05) is 24.3 Å². The van der Waals surface area contributed by atoms with Gasteiger partial charge in [0.05, 0.1) is 0 Å². The van der Waals surface area contributed by atoms with Crippen LogP contribution in [-0.2, 0) is 22.1 Å². The van der Waals surface area contributed by atoms with Crippen molar-refractivity contribution in [1.82, 2.24) is 9.03 Å². The number of nitrogens with one attached hydrogen (secondary N) is 1. The third-order valence-corrected chi connectivity index (χ3v) is 5.73. The van der Waals surface area contributed by atoms with Crippen LogP contribution in [0.1, 0.15) is 30.9 Å². The topological polar surface area (TPSA) is 49.4 Å². The largest absolute Gasteiger partial charge is 0.279 e. The van der Waals surface area contributed by atoms with Crippen LogP contribution in [0.5, 0.6) is 0 Å². The molecule has 1 unspecified atom stereocenters. The molecule has 0 radical (unpaired) electrons. The van der Waals surface area contributed by atoms with E-state index < -0.39 is 10.2 Å². The van der Waals surface area contributed by atoms with Crippen LogP contribution in [0.15, 0.2) is 24.3 Å². The summed E-state index contributed by atoms with van der Waals surface area (Å²) in [5.41, 5.74) is 2.13. The molecule has 2 rings (SSSR count). The number of alkyl halides is 1. The van der Waals surface area contributed by atoms with E-state index in [9.17, 15) is 8.42 Å². The lowest BCUT2D eigenvalue weighted by Gasteiger charge is -2.30. The van der Waals surface area contributed by atoms with Gasteiger partial charge >= 0.3 is 0 Å². The molecule has 1 aromatic rings. The van der Waals surface area contributed by atoms with Gasteiger partial charge in [-0.2, -0.15) is 17.4 Å². The molecule has 112 valence electrons. The molecule has 6 heteroatoms. The van der Waals surface area contributed by atoms with Crippen molar-refractivity contribution in [2.45, 2.75) is 31.6 Å². The van der Waals surface area contributed by atoms with Gasteiger partial charge in [0.15, 0.2) is 0 Å². The van der Waals surface area contributed by atoms with E-state index in [1.54, 1.807) is 4.31 Å². The van der Waals surface area contributed by atoms with Crippen LogP contribution in [0.4, 0.5) is 0 Å². The molecule has 1 N–H and O–H groups in total. The Morgan fingerprint density at radius 1 is 1.40 bits per heavy atom. The normalized spacial score (nSPS) is 21.0. The van der Waals surface area contributed by atoms with Crippen LogP contribution in [0.25, 0.3) is 0 Å². The van der Waals surface area contributed by atoms with Gasteiger partial charge in [0, 0.05) is 25.0 Å². The molecular weight excluding hydrogens is 340 g/mol. The highest BCUT2D eigenvalue weighted by molar-refractivity contribution is 9.08. The summed E-state index contributed by atoms with van der Waals surface area (Å²) in [7, 11) is -3.36. The van der Waals surface area contributed by atoms with Gasteiger partial charge in [-0.3, -0.25) is 0 Å². The van der Waals surface area contributed by atoms with Gasteiger partial charge in [-0.15, -0.1) is 0 Å². The van der Waals surface area contributed by atoms with Crippen LogP contribution in [-0.4, -0.2) is 25.8 Å². The molecule has 1 aliphatic rings. The maximum Gasteiger partial charge on any atom is 0.279 e. The van der Waals surface area contributed by atoms with Crippen LogP contribution in [0, 0.1) is 5.92 Å². The number of benzene rings is 1. The van der Waals surface area contributed by atoms with E-state index in [0.29, 0.717) is 25.6 Å². The van der Waals surface area contributed by atoms with E-state index in [2.05, 4.69) is 27.6 Å². The van der Waals surface area contributed by atoms with Gasteiger partial charge < -0.3 is 0 Å². The molecule has 1 aromatic carbocycles. The average molecular weight is 361 g/mol. The lowest BCUT2D eigenvalue weighted by Crippen LogP contribution is -2.45. The van der Waals surface area contributed by atoms with E-state index in [-0.39, 0.29) is 0 Å². The Hall–Kier alpha value is -0.430. The van der Waals surface area contributed by atoms with Crippen molar-refractivity contribution in [3.8, 4) is 0 Å². The van der Waals surface area contributed by atoms with Crippen LogP contribution in [0.3, 0.4) is 0 Å². The number of nitrogens with zero attached hydrogens (tertiary/aromatic N) is 1. The fourth-order valence-electron chi connectivity index (χ4n) is 2.45. The minimum atomic E-state index is -3.36. The van der Waals surface area contributed by atoms with Crippen molar-refractivity contribution < 1.29 is 8.42 Å². The monoisotopic (exact) mass is 360 g/mol. The van der Waals surface area contributed by atoms with E-state index in [4.69, 9.17) is 0 Å². The number of hydrogen-bond acceptors (Lipinski definition) is 2. The van der Waals surface area contributed by atoms with E-state index in [1.165, 1.54) is 0 Å². The van der Waals surface area contributed by atoms with Gasteiger partial charge in [-0.05, 0) is 29.9 Å². The number of hydrogen-bond donors (Lipinski definition) is 1. The second kappa shape index (κ2) is 7.02. The zero-order chi connectivity index (χ0) is 14.6. The summed E-state index contributed by atoms with van der Waals surface area (Å²) in [5.74, 6) is 0.442. The molecule has 0 aromatic heterocycles. The summed E-state index contributed by atoms with van der Waals surface area (Å²) < 4.78 is 28.8. The highest BCUT2D eigenvalue weighted by atomic mass is 79.9. The molecule has 20 heavy (non-hydrogen) atoms. The molecule has 1 aliphatic heterocycles. The SMILES string of the molecule is CC1CCCN(S(=O)(=O)NCc2cccc(CBr)c2)C1. The number of rotatable bonds is 5. The molecule has 0 aliphatic carbocycles. The van der Waals surface area contributed by atoms with Gasteiger partial charge in [0.1, 0.15) is 0 Å². The second-order valence-corrected chi connectivity index (χ2v) is 7.70. The summed E-state index contributed by atoms with van der Waals surface area (Å²) in [4.78, 5) is 0. The second-order valence-electron chi connectivity index (χ2n) is 5.39. The zero-order valence-electron chi connectivity index (χ0n) is 11.7. The molecule has 1 fully saturated rings. The third-order valence-electron chi connectivity index (χ3n) is 3.56. The van der Waals surface area contributed by atoms with Crippen LogP contribution in [0.2, 0.25) is 0 Å². The van der Waals surface area contributed by atoms with Crippen LogP contribution < -0.4 is 4.72 Å². The molecule has 1 heterocycles. The van der Waals surface area contributed by atoms with Crippen molar-refractivity contribution in [2.75, 3.05) is 13.1 Å². The lowest BCUT2D eigenvalue weighted by atomic mass is 10.0. The fraction of sp³-hybridized carbons (Fsp3) is 0.571. The fourth-order valence-corrected chi connectivity index (χ4v) is 4.15. The summed E-state index contributed by atoms with van der Waals surface area (Å²) in [6, 6.07) is 7.91. The van der Waals surface area contributed by atoms with Crippen molar-refractivity contribution >= 4 is 26.1 Å². The number of piperidine rings is 1. The molecular formula is C14H21BrN2O2S. The Kier molecular flexibility index (Phi) is 5.60. The predicted octanol–water partition coefficient (Wildman–Crippen LogP) is 2.65. The first-order valence-corrected chi connectivity index (χ1v) is 9.46. The Morgan fingerprint density at radius 2 is 2.15 bits per heavy atom. The molecule has 1 atom stereocenters. The molecule has 1 saturated heterocycles. The summed E-state index contributed by atoms with van der Waals surface area (Å²) in [5, 5.41) is 0.775. The molecule has 0 saturated carbocycles. The molecule has 4 nitrogen and oxygen atoms in total.